The molecule has 1 N–H and O–H groups in total. The van der Waals surface area contributed by atoms with Crippen LogP contribution in [0, 0.1) is 0 Å². The highest BCUT2D eigenvalue weighted by molar-refractivity contribution is 7.13. The van der Waals surface area contributed by atoms with Crippen molar-refractivity contribution in [3.63, 3.8) is 0 Å². The largest absolute Gasteiger partial charge is 0.489 e. The molecule has 0 bridgehead atoms. The summed E-state index contributed by atoms with van der Waals surface area (Å²) in [6.45, 7) is 3.89. The molecule has 0 fully saturated rings. The minimum Gasteiger partial charge on any atom is -0.489 e. The summed E-state index contributed by atoms with van der Waals surface area (Å²) in [6, 6.07) is 5.44. The molecule has 24 heavy (non-hydrogen) atoms. The summed E-state index contributed by atoms with van der Waals surface area (Å²) in [5.74, 6) is 0.317. The number of methoxy groups -OCH3 is 1. The number of aromatic nitrogens is 1. The zero-order valence-electron chi connectivity index (χ0n) is 13.6. The molecule has 0 saturated heterocycles. The zero-order valence-corrected chi connectivity index (χ0v) is 15.1. The molecule has 1 aromatic carbocycles. The first kappa shape index (κ1) is 18.2. The van der Waals surface area contributed by atoms with E-state index in [9.17, 15) is 4.79 Å². The summed E-state index contributed by atoms with van der Waals surface area (Å²) in [7, 11) is 1.35. The van der Waals surface area contributed by atoms with Gasteiger partial charge in [0.2, 0.25) is 5.13 Å². The van der Waals surface area contributed by atoms with Crippen LogP contribution in [0.25, 0.3) is 0 Å². The van der Waals surface area contributed by atoms with E-state index < -0.39 is 0 Å². The van der Waals surface area contributed by atoms with Crippen molar-refractivity contribution in [2.45, 2.75) is 26.4 Å². The lowest BCUT2D eigenvalue weighted by molar-refractivity contribution is -0.139. The molecule has 0 aliphatic carbocycles. The summed E-state index contributed by atoms with van der Waals surface area (Å²) in [6.07, 6.45) is 1.84. The Labute approximate surface area is 149 Å². The van der Waals surface area contributed by atoms with Gasteiger partial charge in [-0.25, -0.2) is 4.98 Å². The molecule has 128 valence electrons. The van der Waals surface area contributed by atoms with Gasteiger partial charge in [0.05, 0.1) is 36.6 Å². The molecule has 0 atom stereocenters. The maximum absolute atomic E-state index is 11.2. The zero-order chi connectivity index (χ0) is 17.5. The van der Waals surface area contributed by atoms with E-state index in [2.05, 4.69) is 20.2 Å². The van der Waals surface area contributed by atoms with Gasteiger partial charge in [-0.15, -0.1) is 11.3 Å². The number of esters is 1. The molecular formula is C16H18ClN3O3S. The summed E-state index contributed by atoms with van der Waals surface area (Å²) >= 11 is 7.53. The van der Waals surface area contributed by atoms with Crippen molar-refractivity contribution in [2.24, 2.45) is 5.10 Å². The van der Waals surface area contributed by atoms with E-state index >= 15 is 0 Å². The number of hydrogen-bond acceptors (Lipinski definition) is 7. The van der Waals surface area contributed by atoms with Gasteiger partial charge in [0, 0.05) is 5.38 Å². The number of thiazole rings is 1. The second-order valence-electron chi connectivity index (χ2n) is 5.12. The van der Waals surface area contributed by atoms with Gasteiger partial charge in [-0.1, -0.05) is 11.6 Å². The lowest BCUT2D eigenvalue weighted by Gasteiger charge is -2.11. The van der Waals surface area contributed by atoms with Gasteiger partial charge in [0.25, 0.3) is 0 Å². The molecule has 0 unspecified atom stereocenters. The smallest absolute Gasteiger partial charge is 0.311 e. The molecule has 8 heteroatoms. The van der Waals surface area contributed by atoms with Crippen LogP contribution < -0.4 is 10.2 Å². The molecule has 1 heterocycles. The van der Waals surface area contributed by atoms with E-state index in [0.29, 0.717) is 21.6 Å². The highest BCUT2D eigenvalue weighted by Gasteiger charge is 2.07. The maximum Gasteiger partial charge on any atom is 0.311 e. The van der Waals surface area contributed by atoms with Crippen molar-refractivity contribution in [3.8, 4) is 5.75 Å². The Hall–Kier alpha value is -2.12. The van der Waals surface area contributed by atoms with E-state index in [1.54, 1.807) is 17.7 Å². The van der Waals surface area contributed by atoms with E-state index in [1.165, 1.54) is 18.4 Å². The monoisotopic (exact) mass is 367 g/mol. The number of nitrogens with zero attached hydrogens (tertiary/aromatic N) is 2. The van der Waals surface area contributed by atoms with Crippen LogP contribution in [0.1, 0.15) is 25.1 Å². The molecule has 1 aromatic heterocycles. The summed E-state index contributed by atoms with van der Waals surface area (Å²) in [4.78, 5) is 15.4. The number of anilines is 1. The van der Waals surface area contributed by atoms with Gasteiger partial charge >= 0.3 is 5.97 Å². The van der Waals surface area contributed by atoms with Crippen LogP contribution in [0.15, 0.2) is 28.7 Å². The van der Waals surface area contributed by atoms with Crippen LogP contribution in [0.4, 0.5) is 5.13 Å². The number of hydrazone groups is 1. The Balaban J connectivity index is 1.94. The molecule has 2 rings (SSSR count). The highest BCUT2D eigenvalue weighted by atomic mass is 35.5. The van der Waals surface area contributed by atoms with Crippen molar-refractivity contribution in [2.75, 3.05) is 12.5 Å². The second-order valence-corrected chi connectivity index (χ2v) is 6.39. The van der Waals surface area contributed by atoms with E-state index in [1.807, 2.05) is 26.0 Å². The van der Waals surface area contributed by atoms with Crippen LogP contribution >= 0.6 is 22.9 Å². The van der Waals surface area contributed by atoms with Gasteiger partial charge in [0.15, 0.2) is 0 Å². The fraction of sp³-hybridized carbons (Fsp3) is 0.312. The van der Waals surface area contributed by atoms with Crippen molar-refractivity contribution < 1.29 is 14.3 Å². The van der Waals surface area contributed by atoms with Gasteiger partial charge in [-0.05, 0) is 37.6 Å². The Kier molecular flexibility index (Phi) is 6.57. The minimum absolute atomic E-state index is 0.0628. The maximum atomic E-state index is 11.2. The second kappa shape index (κ2) is 8.65. The standard InChI is InChI=1S/C16H18ClN3O3S/c1-10(2)23-14-5-4-11(6-13(14)17)8-18-20-16-19-12(9-24-16)7-15(21)22-3/h4-6,8-10H,7H2,1-3H3,(H,19,20)/b18-8-. The number of carbonyl (C=O) groups excluding carboxylic acids is 1. The molecule has 6 nitrogen and oxygen atoms in total. The summed E-state index contributed by atoms with van der Waals surface area (Å²) < 4.78 is 10.2. The lowest BCUT2D eigenvalue weighted by Crippen LogP contribution is -2.06. The first-order valence-corrected chi connectivity index (χ1v) is 8.50. The molecule has 0 aliphatic heterocycles. The molecule has 0 amide bonds. The third kappa shape index (κ3) is 5.50. The summed E-state index contributed by atoms with van der Waals surface area (Å²) in [5.41, 5.74) is 4.29. The van der Waals surface area contributed by atoms with Gasteiger partial charge < -0.3 is 9.47 Å². The predicted molar refractivity (Wildman–Crippen MR) is 96.3 cm³/mol. The number of hydrogen-bond donors (Lipinski definition) is 1. The fourth-order valence-corrected chi connectivity index (χ4v) is 2.66. The predicted octanol–water partition coefficient (Wildman–Crippen LogP) is 3.75. The Bertz CT molecular complexity index is 731. The molecule has 0 saturated carbocycles. The lowest BCUT2D eigenvalue weighted by atomic mass is 10.2. The average molecular weight is 368 g/mol. The van der Waals surface area contributed by atoms with Crippen LogP contribution in [0.5, 0.6) is 5.75 Å². The molecule has 2 aromatic rings. The van der Waals surface area contributed by atoms with Crippen molar-refractivity contribution >= 4 is 40.3 Å². The quantitative estimate of drug-likeness (QED) is 0.458. The van der Waals surface area contributed by atoms with E-state index in [-0.39, 0.29) is 18.5 Å². The Morgan fingerprint density at radius 2 is 2.29 bits per heavy atom. The molecule has 0 spiro atoms. The fourth-order valence-electron chi connectivity index (χ4n) is 1.77. The van der Waals surface area contributed by atoms with Crippen molar-refractivity contribution in [3.05, 3.63) is 39.9 Å². The molecule has 0 aliphatic rings. The third-order valence-corrected chi connectivity index (χ3v) is 3.89. The molecular weight excluding hydrogens is 350 g/mol. The first-order chi connectivity index (χ1) is 11.5. The number of benzene rings is 1. The van der Waals surface area contributed by atoms with Crippen LogP contribution in [-0.2, 0) is 16.0 Å². The van der Waals surface area contributed by atoms with Crippen LogP contribution in [0.2, 0.25) is 5.02 Å². The normalized spacial score (nSPS) is 11.0. The van der Waals surface area contributed by atoms with Gasteiger partial charge in [0.1, 0.15) is 5.75 Å². The minimum atomic E-state index is -0.325. The number of ether oxygens (including phenoxy) is 2. The van der Waals surface area contributed by atoms with E-state index in [4.69, 9.17) is 16.3 Å². The average Bonchev–Trinajstić information content (AvgIpc) is 2.97. The van der Waals surface area contributed by atoms with E-state index in [0.717, 1.165) is 5.56 Å². The van der Waals surface area contributed by atoms with Gasteiger partial charge in [-0.2, -0.15) is 5.10 Å². The van der Waals surface area contributed by atoms with Crippen molar-refractivity contribution in [1.82, 2.24) is 4.98 Å². The van der Waals surface area contributed by atoms with Crippen LogP contribution in [0.3, 0.4) is 0 Å². The summed E-state index contributed by atoms with van der Waals surface area (Å²) in [5, 5.41) is 7.02. The third-order valence-electron chi connectivity index (χ3n) is 2.80. The topological polar surface area (TPSA) is 72.8 Å². The Morgan fingerprint density at radius 1 is 1.50 bits per heavy atom. The number of nitrogens with one attached hydrogen (secondary N) is 1. The number of rotatable bonds is 7. The first-order valence-electron chi connectivity index (χ1n) is 7.24. The number of halogens is 1. The van der Waals surface area contributed by atoms with Crippen molar-refractivity contribution in [1.29, 1.82) is 0 Å². The van der Waals surface area contributed by atoms with Gasteiger partial charge in [-0.3, -0.25) is 10.2 Å². The highest BCUT2D eigenvalue weighted by Crippen LogP contribution is 2.26. The number of carbonyl (C=O) groups is 1. The van der Waals surface area contributed by atoms with Crippen LogP contribution in [-0.4, -0.2) is 30.4 Å². The SMILES string of the molecule is COC(=O)Cc1csc(N/N=C\c2ccc(OC(C)C)c(Cl)c2)n1. The molecule has 0 radical (unpaired) electrons. The Morgan fingerprint density at radius 3 is 2.96 bits per heavy atom.